The lowest BCUT2D eigenvalue weighted by molar-refractivity contribution is 0.268. The first-order valence-electron chi connectivity index (χ1n) is 5.98. The van der Waals surface area contributed by atoms with Crippen molar-refractivity contribution in [1.29, 1.82) is 0 Å². The molecule has 0 saturated heterocycles. The molecule has 1 rings (SSSR count). The van der Waals surface area contributed by atoms with Crippen molar-refractivity contribution in [3.63, 3.8) is 0 Å². The van der Waals surface area contributed by atoms with Crippen molar-refractivity contribution in [3.8, 4) is 0 Å². The molecule has 3 heteroatoms. The molecule has 0 bridgehead atoms. The van der Waals surface area contributed by atoms with E-state index in [1.165, 1.54) is 11.3 Å². The van der Waals surface area contributed by atoms with Crippen LogP contribution in [0.4, 0.5) is 0 Å². The minimum atomic E-state index is 0.282. The van der Waals surface area contributed by atoms with E-state index in [2.05, 4.69) is 52.0 Å². The summed E-state index contributed by atoms with van der Waals surface area (Å²) in [5.41, 5.74) is 2.81. The van der Waals surface area contributed by atoms with Crippen LogP contribution in [-0.4, -0.2) is 15.8 Å². The molecule has 0 fully saturated rings. The summed E-state index contributed by atoms with van der Waals surface area (Å²) in [5.74, 6) is 0. The Labute approximate surface area is 99.2 Å². The van der Waals surface area contributed by atoms with Crippen LogP contribution in [0, 0.1) is 12.3 Å². The van der Waals surface area contributed by atoms with Gasteiger partial charge in [0.1, 0.15) is 0 Å². The van der Waals surface area contributed by atoms with Crippen molar-refractivity contribution < 1.29 is 0 Å². The second-order valence-corrected chi connectivity index (χ2v) is 5.78. The first kappa shape index (κ1) is 13.2. The molecule has 16 heavy (non-hydrogen) atoms. The zero-order valence-electron chi connectivity index (χ0n) is 11.6. The fourth-order valence-corrected chi connectivity index (χ4v) is 1.66. The van der Waals surface area contributed by atoms with Gasteiger partial charge in [0.2, 0.25) is 0 Å². The highest BCUT2D eigenvalue weighted by molar-refractivity contribution is 5.19. The Bertz CT molecular complexity index is 347. The minimum absolute atomic E-state index is 0.282. The molecule has 0 aliphatic carbocycles. The van der Waals surface area contributed by atoms with E-state index >= 15 is 0 Å². The number of rotatable bonds is 3. The van der Waals surface area contributed by atoms with Gasteiger partial charge in [0, 0.05) is 30.4 Å². The third-order valence-electron chi connectivity index (χ3n) is 3.54. The lowest BCUT2D eigenvalue weighted by Gasteiger charge is -2.31. The highest BCUT2D eigenvalue weighted by Gasteiger charge is 2.22. The zero-order valence-corrected chi connectivity index (χ0v) is 11.6. The number of aryl methyl sites for hydroxylation is 1. The lowest BCUT2D eigenvalue weighted by atomic mass is 9.87. The molecule has 1 N–H and O–H groups in total. The fourth-order valence-electron chi connectivity index (χ4n) is 1.66. The van der Waals surface area contributed by atoms with Gasteiger partial charge in [-0.25, -0.2) is 0 Å². The van der Waals surface area contributed by atoms with E-state index in [1.807, 2.05) is 17.9 Å². The molecular weight excluding hydrogens is 198 g/mol. The third kappa shape index (κ3) is 2.85. The summed E-state index contributed by atoms with van der Waals surface area (Å²) in [6.45, 7) is 13.3. The Morgan fingerprint density at radius 3 is 2.25 bits per heavy atom. The molecule has 1 heterocycles. The van der Waals surface area contributed by atoms with E-state index in [1.54, 1.807) is 0 Å². The molecular formula is C13H25N3. The van der Waals surface area contributed by atoms with Gasteiger partial charge in [-0.1, -0.05) is 20.8 Å². The third-order valence-corrected chi connectivity index (χ3v) is 3.54. The molecule has 1 aromatic rings. The van der Waals surface area contributed by atoms with Crippen molar-refractivity contribution in [2.75, 3.05) is 0 Å². The van der Waals surface area contributed by atoms with Gasteiger partial charge in [0.25, 0.3) is 0 Å². The summed E-state index contributed by atoms with van der Waals surface area (Å²) < 4.78 is 1.93. The molecule has 0 aliphatic heterocycles. The van der Waals surface area contributed by atoms with Gasteiger partial charge in [-0.15, -0.1) is 0 Å². The predicted molar refractivity (Wildman–Crippen MR) is 68.4 cm³/mol. The van der Waals surface area contributed by atoms with Crippen LogP contribution in [0.2, 0.25) is 0 Å². The molecule has 0 saturated carbocycles. The number of aromatic nitrogens is 2. The van der Waals surface area contributed by atoms with Gasteiger partial charge in [-0.2, -0.15) is 5.10 Å². The van der Waals surface area contributed by atoms with Crippen LogP contribution in [0.1, 0.15) is 51.9 Å². The van der Waals surface area contributed by atoms with Crippen LogP contribution < -0.4 is 5.32 Å². The largest absolute Gasteiger partial charge is 0.307 e. The Morgan fingerprint density at radius 2 is 1.88 bits per heavy atom. The van der Waals surface area contributed by atoms with Crippen molar-refractivity contribution in [3.05, 3.63) is 17.5 Å². The van der Waals surface area contributed by atoms with Crippen LogP contribution in [-0.2, 0) is 7.05 Å². The van der Waals surface area contributed by atoms with Crippen molar-refractivity contribution in [2.45, 2.75) is 53.6 Å². The number of nitrogens with one attached hydrogen (secondary N) is 1. The lowest BCUT2D eigenvalue weighted by Crippen LogP contribution is -2.39. The first-order chi connectivity index (χ1) is 7.23. The molecule has 2 atom stereocenters. The van der Waals surface area contributed by atoms with Crippen molar-refractivity contribution >= 4 is 0 Å². The van der Waals surface area contributed by atoms with Crippen LogP contribution in [0.25, 0.3) is 0 Å². The Kier molecular flexibility index (Phi) is 3.79. The maximum absolute atomic E-state index is 4.28. The quantitative estimate of drug-likeness (QED) is 0.854. The minimum Gasteiger partial charge on any atom is -0.307 e. The number of hydrogen-bond acceptors (Lipinski definition) is 2. The smallest absolute Gasteiger partial charge is 0.0540 e. The Balaban J connectivity index is 2.73. The zero-order chi connectivity index (χ0) is 12.5. The molecule has 3 nitrogen and oxygen atoms in total. The summed E-state index contributed by atoms with van der Waals surface area (Å²) >= 11 is 0. The van der Waals surface area contributed by atoms with E-state index in [9.17, 15) is 0 Å². The first-order valence-corrected chi connectivity index (χ1v) is 5.98. The molecule has 0 aliphatic rings. The van der Waals surface area contributed by atoms with E-state index in [0.717, 1.165) is 0 Å². The van der Waals surface area contributed by atoms with Gasteiger partial charge < -0.3 is 5.32 Å². The number of nitrogens with zero attached hydrogens (tertiary/aromatic N) is 2. The average molecular weight is 223 g/mol. The van der Waals surface area contributed by atoms with Crippen LogP contribution in [0.3, 0.4) is 0 Å². The molecule has 0 aromatic carbocycles. The van der Waals surface area contributed by atoms with E-state index < -0.39 is 0 Å². The fraction of sp³-hybridized carbons (Fsp3) is 0.769. The van der Waals surface area contributed by atoms with E-state index in [0.29, 0.717) is 12.1 Å². The summed E-state index contributed by atoms with van der Waals surface area (Å²) in [7, 11) is 1.98. The topological polar surface area (TPSA) is 29.9 Å². The van der Waals surface area contributed by atoms with Crippen LogP contribution >= 0.6 is 0 Å². The summed E-state index contributed by atoms with van der Waals surface area (Å²) in [6.07, 6.45) is 1.96. The maximum Gasteiger partial charge on any atom is 0.0540 e. The van der Waals surface area contributed by atoms with Gasteiger partial charge in [-0.3, -0.25) is 4.68 Å². The van der Waals surface area contributed by atoms with E-state index in [4.69, 9.17) is 0 Å². The SMILES string of the molecule is Cc1c(C(C)NC(C)C(C)(C)C)cnn1C. The van der Waals surface area contributed by atoms with Crippen molar-refractivity contribution in [1.82, 2.24) is 15.1 Å². The average Bonchev–Trinajstić information content (AvgIpc) is 2.46. The maximum atomic E-state index is 4.28. The second-order valence-electron chi connectivity index (χ2n) is 5.78. The van der Waals surface area contributed by atoms with Gasteiger partial charge in [0.05, 0.1) is 6.20 Å². The highest BCUT2D eigenvalue weighted by Crippen LogP contribution is 2.23. The summed E-state index contributed by atoms with van der Waals surface area (Å²) in [5, 5.41) is 7.92. The molecule has 0 radical (unpaired) electrons. The Morgan fingerprint density at radius 1 is 1.31 bits per heavy atom. The standard InChI is InChI=1S/C13H25N3/c1-9(15-11(3)13(4,5)6)12-8-14-16(7)10(12)2/h8-9,11,15H,1-7H3. The van der Waals surface area contributed by atoms with Crippen LogP contribution in [0.5, 0.6) is 0 Å². The molecule has 1 aromatic heterocycles. The van der Waals surface area contributed by atoms with E-state index in [-0.39, 0.29) is 5.41 Å². The summed E-state index contributed by atoms with van der Waals surface area (Å²) in [6, 6.07) is 0.824. The predicted octanol–water partition coefficient (Wildman–Crippen LogP) is 2.81. The molecule has 92 valence electrons. The highest BCUT2D eigenvalue weighted by atomic mass is 15.3. The molecule has 2 unspecified atom stereocenters. The van der Waals surface area contributed by atoms with Gasteiger partial charge in [-0.05, 0) is 26.2 Å². The van der Waals surface area contributed by atoms with Gasteiger partial charge in [0.15, 0.2) is 0 Å². The summed E-state index contributed by atoms with van der Waals surface area (Å²) in [4.78, 5) is 0. The molecule has 0 spiro atoms. The van der Waals surface area contributed by atoms with Crippen LogP contribution in [0.15, 0.2) is 6.20 Å². The second kappa shape index (κ2) is 4.58. The normalized spacial score (nSPS) is 16.2. The number of hydrogen-bond donors (Lipinski definition) is 1. The molecule has 0 amide bonds. The Hall–Kier alpha value is -0.830. The monoisotopic (exact) mass is 223 g/mol. The van der Waals surface area contributed by atoms with Gasteiger partial charge >= 0.3 is 0 Å². The van der Waals surface area contributed by atoms with Crippen molar-refractivity contribution in [2.24, 2.45) is 12.5 Å².